The van der Waals surface area contributed by atoms with E-state index in [0.717, 1.165) is 16.6 Å². The molecule has 21 heavy (non-hydrogen) atoms. The summed E-state index contributed by atoms with van der Waals surface area (Å²) in [5.74, 6) is 0.974. The molecule has 0 fully saturated rings. The SMILES string of the molecule is CCC(NC(c1cccs1)c1ccc(Cl)s1)c1ncc[nH]1. The van der Waals surface area contributed by atoms with Gasteiger partial charge in [-0.25, -0.2) is 4.98 Å². The second-order valence-electron chi connectivity index (χ2n) is 4.69. The molecule has 0 spiro atoms. The molecule has 0 saturated heterocycles. The lowest BCUT2D eigenvalue weighted by atomic mass is 10.1. The summed E-state index contributed by atoms with van der Waals surface area (Å²) in [5.41, 5.74) is 0. The van der Waals surface area contributed by atoms with Crippen LogP contribution in [0, 0.1) is 0 Å². The smallest absolute Gasteiger partial charge is 0.123 e. The van der Waals surface area contributed by atoms with E-state index in [1.54, 1.807) is 28.9 Å². The van der Waals surface area contributed by atoms with Crippen molar-refractivity contribution in [3.8, 4) is 0 Å². The molecule has 0 saturated carbocycles. The highest BCUT2D eigenvalue weighted by atomic mass is 35.5. The fourth-order valence-electron chi connectivity index (χ4n) is 2.30. The van der Waals surface area contributed by atoms with Gasteiger partial charge in [0.1, 0.15) is 5.82 Å². The van der Waals surface area contributed by atoms with E-state index in [2.05, 4.69) is 45.8 Å². The lowest BCUT2D eigenvalue weighted by Crippen LogP contribution is -2.26. The topological polar surface area (TPSA) is 40.7 Å². The Morgan fingerprint density at radius 3 is 2.81 bits per heavy atom. The molecule has 3 aromatic rings. The van der Waals surface area contributed by atoms with Gasteiger partial charge >= 0.3 is 0 Å². The van der Waals surface area contributed by atoms with Crippen LogP contribution in [-0.2, 0) is 0 Å². The molecule has 0 aliphatic heterocycles. The van der Waals surface area contributed by atoms with Crippen LogP contribution in [0.1, 0.15) is 41.0 Å². The van der Waals surface area contributed by atoms with Gasteiger partial charge in [-0.15, -0.1) is 22.7 Å². The Morgan fingerprint density at radius 2 is 2.24 bits per heavy atom. The van der Waals surface area contributed by atoms with Gasteiger partial charge in [0, 0.05) is 22.1 Å². The normalized spacial score (nSPS) is 14.2. The van der Waals surface area contributed by atoms with Crippen molar-refractivity contribution < 1.29 is 0 Å². The number of rotatable bonds is 6. The van der Waals surface area contributed by atoms with E-state index in [4.69, 9.17) is 11.6 Å². The minimum absolute atomic E-state index is 0.151. The molecule has 3 aromatic heterocycles. The maximum atomic E-state index is 6.11. The van der Waals surface area contributed by atoms with Crippen molar-refractivity contribution in [3.63, 3.8) is 0 Å². The first-order valence-electron chi connectivity index (χ1n) is 6.82. The van der Waals surface area contributed by atoms with Crippen LogP contribution in [0.25, 0.3) is 0 Å². The minimum Gasteiger partial charge on any atom is -0.347 e. The summed E-state index contributed by atoms with van der Waals surface area (Å²) in [5, 5.41) is 5.81. The van der Waals surface area contributed by atoms with Crippen molar-refractivity contribution in [2.75, 3.05) is 0 Å². The summed E-state index contributed by atoms with van der Waals surface area (Å²) in [7, 11) is 0. The molecule has 3 rings (SSSR count). The first-order valence-corrected chi connectivity index (χ1v) is 8.89. The van der Waals surface area contributed by atoms with Crippen LogP contribution in [0.15, 0.2) is 42.0 Å². The minimum atomic E-state index is 0.151. The van der Waals surface area contributed by atoms with Gasteiger partial charge in [-0.05, 0) is 30.0 Å². The van der Waals surface area contributed by atoms with Crippen LogP contribution < -0.4 is 5.32 Å². The van der Waals surface area contributed by atoms with E-state index in [9.17, 15) is 0 Å². The highest BCUT2D eigenvalue weighted by Crippen LogP contribution is 2.34. The number of halogens is 1. The summed E-state index contributed by atoms with van der Waals surface area (Å²) in [6, 6.07) is 8.63. The predicted molar refractivity (Wildman–Crippen MR) is 90.2 cm³/mol. The van der Waals surface area contributed by atoms with Crippen LogP contribution in [0.3, 0.4) is 0 Å². The highest BCUT2D eigenvalue weighted by molar-refractivity contribution is 7.16. The predicted octanol–water partition coefficient (Wildman–Crippen LogP) is 5.02. The average molecular weight is 338 g/mol. The monoisotopic (exact) mass is 337 g/mol. The third-order valence-corrected chi connectivity index (χ3v) is 5.56. The van der Waals surface area contributed by atoms with E-state index >= 15 is 0 Å². The van der Waals surface area contributed by atoms with Gasteiger partial charge in [0.05, 0.1) is 16.4 Å². The summed E-state index contributed by atoms with van der Waals surface area (Å²) in [6.45, 7) is 2.16. The molecule has 110 valence electrons. The zero-order valence-electron chi connectivity index (χ0n) is 11.5. The molecule has 0 aliphatic carbocycles. The molecule has 2 atom stereocenters. The van der Waals surface area contributed by atoms with E-state index in [-0.39, 0.29) is 12.1 Å². The zero-order valence-corrected chi connectivity index (χ0v) is 13.9. The number of aromatic amines is 1. The van der Waals surface area contributed by atoms with E-state index < -0.39 is 0 Å². The molecule has 0 radical (unpaired) electrons. The second kappa shape index (κ2) is 6.75. The third kappa shape index (κ3) is 3.37. The number of aromatic nitrogens is 2. The number of thiophene rings is 2. The van der Waals surface area contributed by atoms with Gasteiger partial charge in [-0.3, -0.25) is 5.32 Å². The molecule has 2 unspecified atom stereocenters. The zero-order chi connectivity index (χ0) is 14.7. The van der Waals surface area contributed by atoms with Crippen LogP contribution in [-0.4, -0.2) is 9.97 Å². The van der Waals surface area contributed by atoms with E-state index in [1.165, 1.54) is 9.75 Å². The first-order chi connectivity index (χ1) is 10.3. The van der Waals surface area contributed by atoms with Crippen LogP contribution in [0.4, 0.5) is 0 Å². The Balaban J connectivity index is 1.89. The van der Waals surface area contributed by atoms with Gasteiger partial charge in [0.15, 0.2) is 0 Å². The molecule has 3 heterocycles. The van der Waals surface area contributed by atoms with Crippen LogP contribution in [0.5, 0.6) is 0 Å². The summed E-state index contributed by atoms with van der Waals surface area (Å²) in [6.07, 6.45) is 4.62. The average Bonchev–Trinajstić information content (AvgIpc) is 3.21. The Labute approximate surface area is 137 Å². The maximum Gasteiger partial charge on any atom is 0.123 e. The van der Waals surface area contributed by atoms with Crippen molar-refractivity contribution >= 4 is 34.3 Å². The molecule has 6 heteroatoms. The Morgan fingerprint density at radius 1 is 1.33 bits per heavy atom. The summed E-state index contributed by atoms with van der Waals surface area (Å²) >= 11 is 9.49. The molecule has 3 nitrogen and oxygen atoms in total. The number of nitrogens with zero attached hydrogens (tertiary/aromatic N) is 1. The highest BCUT2D eigenvalue weighted by Gasteiger charge is 2.22. The molecular formula is C15H16ClN3S2. The van der Waals surface area contributed by atoms with Gasteiger partial charge in [-0.1, -0.05) is 24.6 Å². The van der Waals surface area contributed by atoms with E-state index in [0.29, 0.717) is 0 Å². The first kappa shape index (κ1) is 14.8. The number of imidazole rings is 1. The van der Waals surface area contributed by atoms with Crippen molar-refractivity contribution in [1.29, 1.82) is 0 Å². The Kier molecular flexibility index (Phi) is 4.75. The second-order valence-corrected chi connectivity index (χ2v) is 7.42. The molecular weight excluding hydrogens is 322 g/mol. The summed E-state index contributed by atoms with van der Waals surface area (Å²) in [4.78, 5) is 10.1. The molecule has 0 aromatic carbocycles. The number of nitrogens with one attached hydrogen (secondary N) is 2. The quantitative estimate of drug-likeness (QED) is 0.663. The Hall–Kier alpha value is -1.14. The molecule has 0 aliphatic rings. The van der Waals surface area contributed by atoms with Gasteiger partial charge in [0.25, 0.3) is 0 Å². The van der Waals surface area contributed by atoms with Crippen molar-refractivity contribution in [1.82, 2.24) is 15.3 Å². The van der Waals surface area contributed by atoms with Gasteiger partial charge in [-0.2, -0.15) is 0 Å². The molecule has 2 N–H and O–H groups in total. The Bertz CT molecular complexity index is 661. The summed E-state index contributed by atoms with van der Waals surface area (Å²) < 4.78 is 0.819. The fraction of sp³-hybridized carbons (Fsp3) is 0.267. The third-order valence-electron chi connectivity index (χ3n) is 3.33. The van der Waals surface area contributed by atoms with Crippen molar-refractivity contribution in [3.05, 3.63) is 62.0 Å². The van der Waals surface area contributed by atoms with Crippen LogP contribution >= 0.6 is 34.3 Å². The number of hydrogen-bond donors (Lipinski definition) is 2. The van der Waals surface area contributed by atoms with E-state index in [1.807, 2.05) is 12.3 Å². The van der Waals surface area contributed by atoms with Crippen molar-refractivity contribution in [2.24, 2.45) is 0 Å². The largest absolute Gasteiger partial charge is 0.347 e. The maximum absolute atomic E-state index is 6.11. The lowest BCUT2D eigenvalue weighted by Gasteiger charge is -2.22. The molecule has 0 amide bonds. The van der Waals surface area contributed by atoms with Gasteiger partial charge < -0.3 is 4.98 Å². The standard InChI is InChI=1S/C15H16ClN3S2/c1-2-10(15-17-7-8-18-15)19-14(11-4-3-9-20-11)12-5-6-13(16)21-12/h3-10,14,19H,2H2,1H3,(H,17,18). The molecule has 0 bridgehead atoms. The van der Waals surface area contributed by atoms with Crippen molar-refractivity contribution in [2.45, 2.75) is 25.4 Å². The fourth-order valence-corrected chi connectivity index (χ4v) is 4.32. The van der Waals surface area contributed by atoms with Gasteiger partial charge in [0.2, 0.25) is 0 Å². The lowest BCUT2D eigenvalue weighted by molar-refractivity contribution is 0.464. The number of H-pyrrole nitrogens is 1. The number of hydrogen-bond acceptors (Lipinski definition) is 4. The van der Waals surface area contributed by atoms with Crippen LogP contribution in [0.2, 0.25) is 4.34 Å².